The number of methoxy groups -OCH3 is 1. The molecule has 0 radical (unpaired) electrons. The van der Waals surface area contributed by atoms with Crippen LogP contribution in [0.3, 0.4) is 0 Å². The average molecular weight is 367 g/mol. The Morgan fingerprint density at radius 1 is 1.33 bits per heavy atom. The molecule has 0 spiro atoms. The largest absolute Gasteiger partial charge is 0.495 e. The van der Waals surface area contributed by atoms with Gasteiger partial charge in [0.05, 0.1) is 12.8 Å². The van der Waals surface area contributed by atoms with E-state index in [9.17, 15) is 9.59 Å². The third kappa shape index (κ3) is 5.70. The molecule has 128 valence electrons. The zero-order chi connectivity index (χ0) is 17.4. The van der Waals surface area contributed by atoms with E-state index < -0.39 is 6.03 Å². The molecule has 10 heteroatoms. The van der Waals surface area contributed by atoms with Gasteiger partial charge in [0, 0.05) is 12.2 Å². The summed E-state index contributed by atoms with van der Waals surface area (Å²) < 4.78 is 6.07. The van der Waals surface area contributed by atoms with E-state index in [0.717, 1.165) is 15.8 Å². The Hall–Kier alpha value is -2.33. The minimum atomic E-state index is -0.830. The quantitative estimate of drug-likeness (QED) is 0.484. The lowest BCUT2D eigenvalue weighted by atomic mass is 10.3. The Morgan fingerprint density at radius 3 is 2.88 bits per heavy atom. The third-order valence-corrected chi connectivity index (χ3v) is 4.85. The summed E-state index contributed by atoms with van der Waals surface area (Å²) in [6.07, 6.45) is 0.847. The zero-order valence-electron chi connectivity index (χ0n) is 12.9. The lowest BCUT2D eigenvalue weighted by Gasteiger charge is -2.07. The van der Waals surface area contributed by atoms with Crippen molar-refractivity contribution in [2.45, 2.75) is 17.2 Å². The summed E-state index contributed by atoms with van der Waals surface area (Å²) in [7, 11) is 1.61. The van der Waals surface area contributed by atoms with E-state index >= 15 is 0 Å². The number of para-hydroxylation sites is 2. The van der Waals surface area contributed by atoms with Gasteiger partial charge in [0.15, 0.2) is 4.34 Å². The van der Waals surface area contributed by atoms with E-state index in [0.29, 0.717) is 17.3 Å². The van der Waals surface area contributed by atoms with Gasteiger partial charge in [-0.3, -0.25) is 10.1 Å². The van der Waals surface area contributed by atoms with Gasteiger partial charge >= 0.3 is 6.03 Å². The number of amides is 3. The van der Waals surface area contributed by atoms with Crippen LogP contribution >= 0.6 is 23.1 Å². The first kappa shape index (κ1) is 18.0. The first-order valence-electron chi connectivity index (χ1n) is 7.04. The molecule has 1 aromatic carbocycles. The number of nitrogens with zero attached hydrogens (tertiary/aromatic N) is 2. The predicted molar refractivity (Wildman–Crippen MR) is 93.9 cm³/mol. The van der Waals surface area contributed by atoms with E-state index in [2.05, 4.69) is 15.5 Å². The molecule has 0 bridgehead atoms. The number of carbonyl (C=O) groups excluding carboxylic acids is 2. The lowest BCUT2D eigenvalue weighted by molar-refractivity contribution is -0.119. The predicted octanol–water partition coefficient (Wildman–Crippen LogP) is 2.36. The number of hydrogen-bond acceptors (Lipinski definition) is 8. The van der Waals surface area contributed by atoms with Gasteiger partial charge < -0.3 is 15.8 Å². The molecule has 0 saturated heterocycles. The summed E-state index contributed by atoms with van der Waals surface area (Å²) >= 11 is 2.92. The Bertz CT molecular complexity index is 707. The molecule has 2 rings (SSSR count). The molecule has 0 unspecified atom stereocenters. The molecule has 0 fully saturated rings. The zero-order valence-corrected chi connectivity index (χ0v) is 14.6. The number of anilines is 2. The van der Waals surface area contributed by atoms with E-state index in [1.54, 1.807) is 7.11 Å². The van der Waals surface area contributed by atoms with Crippen LogP contribution in [0.1, 0.15) is 12.8 Å². The second kappa shape index (κ2) is 9.08. The van der Waals surface area contributed by atoms with Crippen LogP contribution in [0.25, 0.3) is 0 Å². The summed E-state index contributed by atoms with van der Waals surface area (Å²) in [6, 6.07) is 6.71. The Labute approximate surface area is 147 Å². The molecule has 0 aliphatic carbocycles. The van der Waals surface area contributed by atoms with E-state index in [4.69, 9.17) is 10.5 Å². The number of thioether (sulfide) groups is 1. The number of nitrogens with one attached hydrogen (secondary N) is 2. The van der Waals surface area contributed by atoms with Crippen molar-refractivity contribution in [3.63, 3.8) is 0 Å². The van der Waals surface area contributed by atoms with E-state index in [1.165, 1.54) is 23.1 Å². The number of hydrogen-bond donors (Lipinski definition) is 3. The monoisotopic (exact) mass is 367 g/mol. The molecule has 2 aromatic rings. The fourth-order valence-electron chi connectivity index (χ4n) is 1.77. The number of primary amides is 1. The van der Waals surface area contributed by atoms with Gasteiger partial charge in [0.25, 0.3) is 0 Å². The molecule has 0 atom stereocenters. The van der Waals surface area contributed by atoms with Crippen molar-refractivity contribution in [2.24, 2.45) is 5.73 Å². The molecule has 8 nitrogen and oxygen atoms in total. The van der Waals surface area contributed by atoms with E-state index in [-0.39, 0.29) is 12.3 Å². The number of rotatable bonds is 8. The number of urea groups is 1. The molecule has 0 saturated carbocycles. The molecule has 1 aromatic heterocycles. The Morgan fingerprint density at radius 2 is 2.12 bits per heavy atom. The van der Waals surface area contributed by atoms with Gasteiger partial charge in [-0.15, -0.1) is 10.2 Å². The molecule has 24 heavy (non-hydrogen) atoms. The molecular formula is C14H17N5O3S2. The second-order valence-corrected chi connectivity index (χ2v) is 6.88. The summed E-state index contributed by atoms with van der Waals surface area (Å²) in [4.78, 5) is 21.8. The highest BCUT2D eigenvalue weighted by atomic mass is 32.2. The fraction of sp³-hybridized carbons (Fsp3) is 0.286. The second-order valence-electron chi connectivity index (χ2n) is 4.56. The maximum Gasteiger partial charge on any atom is 0.318 e. The van der Waals surface area contributed by atoms with Crippen LogP contribution in [0.5, 0.6) is 5.75 Å². The smallest absolute Gasteiger partial charge is 0.318 e. The van der Waals surface area contributed by atoms with Gasteiger partial charge in [-0.2, -0.15) is 0 Å². The number of aromatic nitrogens is 2. The SMILES string of the molecule is COc1ccccc1Nc1nnc(SCCCC(=O)NC(N)=O)s1. The highest BCUT2D eigenvalue weighted by molar-refractivity contribution is 8.01. The molecule has 3 amide bonds. The minimum absolute atomic E-state index is 0.237. The van der Waals surface area contributed by atoms with Gasteiger partial charge in [-0.05, 0) is 18.6 Å². The standard InChI is InChI=1S/C14H17N5O3S2/c1-22-10-6-3-2-5-9(10)16-13-18-19-14(24-13)23-8-4-7-11(20)17-12(15)21/h2-3,5-6H,4,7-8H2,1H3,(H,16,18)(H3,15,17,20,21). The minimum Gasteiger partial charge on any atom is -0.495 e. The fourth-order valence-corrected chi connectivity index (χ4v) is 3.55. The lowest BCUT2D eigenvalue weighted by Crippen LogP contribution is -2.34. The van der Waals surface area contributed by atoms with Crippen LogP contribution in [0.2, 0.25) is 0 Å². The van der Waals surface area contributed by atoms with Crippen LogP contribution in [0.15, 0.2) is 28.6 Å². The van der Waals surface area contributed by atoms with Gasteiger partial charge in [0.1, 0.15) is 5.75 Å². The summed E-state index contributed by atoms with van der Waals surface area (Å²) in [5.74, 6) is 1.04. The summed E-state index contributed by atoms with van der Waals surface area (Å²) in [5, 5.41) is 14.0. The molecule has 1 heterocycles. The summed E-state index contributed by atoms with van der Waals surface area (Å²) in [6.45, 7) is 0. The number of benzene rings is 1. The van der Waals surface area contributed by atoms with E-state index in [1.807, 2.05) is 29.6 Å². The van der Waals surface area contributed by atoms with Crippen molar-refractivity contribution < 1.29 is 14.3 Å². The normalized spacial score (nSPS) is 10.2. The molecule has 4 N–H and O–H groups in total. The van der Waals surface area contributed by atoms with Crippen molar-refractivity contribution in [3.05, 3.63) is 24.3 Å². The van der Waals surface area contributed by atoms with Crippen LogP contribution in [0.4, 0.5) is 15.6 Å². The highest BCUT2D eigenvalue weighted by Gasteiger charge is 2.09. The van der Waals surface area contributed by atoms with Gasteiger partial charge in [-0.25, -0.2) is 4.79 Å². The van der Waals surface area contributed by atoms with Gasteiger partial charge in [-0.1, -0.05) is 35.2 Å². The Kier molecular flexibility index (Phi) is 6.82. The highest BCUT2D eigenvalue weighted by Crippen LogP contribution is 2.31. The Balaban J connectivity index is 1.79. The van der Waals surface area contributed by atoms with Crippen molar-refractivity contribution in [2.75, 3.05) is 18.2 Å². The maximum absolute atomic E-state index is 11.3. The summed E-state index contributed by atoms with van der Waals surface area (Å²) in [5.41, 5.74) is 5.68. The van der Waals surface area contributed by atoms with Gasteiger partial charge in [0.2, 0.25) is 11.0 Å². The third-order valence-electron chi connectivity index (χ3n) is 2.79. The molecule has 0 aliphatic heterocycles. The number of imide groups is 1. The topological polar surface area (TPSA) is 119 Å². The first-order valence-corrected chi connectivity index (χ1v) is 8.84. The maximum atomic E-state index is 11.3. The van der Waals surface area contributed by atoms with Crippen molar-refractivity contribution in [3.8, 4) is 5.75 Å². The van der Waals surface area contributed by atoms with Crippen LogP contribution in [-0.4, -0.2) is 35.0 Å². The number of carbonyl (C=O) groups is 2. The number of ether oxygens (including phenoxy) is 1. The van der Waals surface area contributed by atoms with Crippen LogP contribution in [0, 0.1) is 0 Å². The van der Waals surface area contributed by atoms with Crippen molar-refractivity contribution in [1.82, 2.24) is 15.5 Å². The van der Waals surface area contributed by atoms with Crippen molar-refractivity contribution >= 4 is 45.9 Å². The molecule has 0 aliphatic rings. The number of nitrogens with two attached hydrogens (primary N) is 1. The average Bonchev–Trinajstić information content (AvgIpc) is 2.99. The van der Waals surface area contributed by atoms with Crippen LogP contribution in [-0.2, 0) is 4.79 Å². The van der Waals surface area contributed by atoms with Crippen LogP contribution < -0.4 is 21.1 Å². The first-order chi connectivity index (χ1) is 11.6. The van der Waals surface area contributed by atoms with Crippen molar-refractivity contribution in [1.29, 1.82) is 0 Å². The molecular weight excluding hydrogens is 350 g/mol.